The van der Waals surface area contributed by atoms with Crippen molar-refractivity contribution in [2.45, 2.75) is 17.9 Å². The average molecular weight is 351 g/mol. The molecule has 1 aliphatic heterocycles. The Kier molecular flexibility index (Phi) is 4.41. The second kappa shape index (κ2) is 5.71. The van der Waals surface area contributed by atoms with Crippen molar-refractivity contribution in [2.75, 3.05) is 25.2 Å². The molecule has 19 heavy (non-hydrogen) atoms. The van der Waals surface area contributed by atoms with E-state index in [2.05, 4.69) is 26.3 Å². The SMILES string of the molecule is CC1COCCN1S(=O)(=O)c1cc(Br)cnc1NN. The van der Waals surface area contributed by atoms with E-state index in [1.807, 2.05) is 0 Å². The summed E-state index contributed by atoms with van der Waals surface area (Å²) in [4.78, 5) is 4.02. The molecule has 0 radical (unpaired) electrons. The highest BCUT2D eigenvalue weighted by Gasteiger charge is 2.33. The largest absolute Gasteiger partial charge is 0.378 e. The summed E-state index contributed by atoms with van der Waals surface area (Å²) in [6.45, 7) is 2.89. The number of ether oxygens (including phenoxy) is 1. The van der Waals surface area contributed by atoms with Gasteiger partial charge in [-0.1, -0.05) is 0 Å². The van der Waals surface area contributed by atoms with Crippen LogP contribution in [0.4, 0.5) is 5.82 Å². The van der Waals surface area contributed by atoms with Gasteiger partial charge in [-0.2, -0.15) is 4.31 Å². The lowest BCUT2D eigenvalue weighted by Crippen LogP contribution is -2.47. The third kappa shape index (κ3) is 2.90. The lowest BCUT2D eigenvalue weighted by atomic mass is 10.3. The lowest BCUT2D eigenvalue weighted by Gasteiger charge is -2.32. The molecule has 1 aromatic rings. The molecular weight excluding hydrogens is 336 g/mol. The number of hydrazine groups is 1. The van der Waals surface area contributed by atoms with Crippen LogP contribution in [-0.2, 0) is 14.8 Å². The van der Waals surface area contributed by atoms with Crippen molar-refractivity contribution >= 4 is 31.8 Å². The quantitative estimate of drug-likeness (QED) is 0.609. The van der Waals surface area contributed by atoms with Gasteiger partial charge in [-0.05, 0) is 28.9 Å². The van der Waals surface area contributed by atoms with Gasteiger partial charge in [0.15, 0.2) is 5.82 Å². The Labute approximate surface area is 120 Å². The van der Waals surface area contributed by atoms with Gasteiger partial charge in [0.2, 0.25) is 10.0 Å². The third-order valence-corrected chi connectivity index (χ3v) is 5.31. The summed E-state index contributed by atoms with van der Waals surface area (Å²) in [7, 11) is -3.66. The molecule has 2 heterocycles. The van der Waals surface area contributed by atoms with E-state index in [1.54, 1.807) is 6.92 Å². The fourth-order valence-corrected chi connectivity index (χ4v) is 4.14. The number of halogens is 1. The second-order valence-corrected chi connectivity index (χ2v) is 6.96. The van der Waals surface area contributed by atoms with Gasteiger partial charge < -0.3 is 10.2 Å². The summed E-state index contributed by atoms with van der Waals surface area (Å²) in [5.41, 5.74) is 2.31. The Morgan fingerprint density at radius 2 is 2.37 bits per heavy atom. The maximum absolute atomic E-state index is 12.6. The van der Waals surface area contributed by atoms with Crippen molar-refractivity contribution in [2.24, 2.45) is 5.84 Å². The number of sulfonamides is 1. The summed E-state index contributed by atoms with van der Waals surface area (Å²) in [5, 5.41) is 0. The van der Waals surface area contributed by atoms with Crippen LogP contribution in [0.25, 0.3) is 0 Å². The van der Waals surface area contributed by atoms with Crippen molar-refractivity contribution in [1.82, 2.24) is 9.29 Å². The number of morpholine rings is 1. The molecule has 2 rings (SSSR count). The first-order chi connectivity index (χ1) is 8.96. The van der Waals surface area contributed by atoms with Crippen molar-refractivity contribution in [1.29, 1.82) is 0 Å². The zero-order valence-corrected chi connectivity index (χ0v) is 12.7. The van der Waals surface area contributed by atoms with E-state index in [1.165, 1.54) is 16.6 Å². The van der Waals surface area contributed by atoms with Crippen molar-refractivity contribution < 1.29 is 13.2 Å². The predicted octanol–water partition coefficient (Wildman–Crippen LogP) is 0.539. The smallest absolute Gasteiger partial charge is 0.247 e. The van der Waals surface area contributed by atoms with E-state index in [9.17, 15) is 8.42 Å². The molecule has 9 heteroatoms. The number of hydrogen-bond acceptors (Lipinski definition) is 6. The van der Waals surface area contributed by atoms with Crippen LogP contribution in [0.5, 0.6) is 0 Å². The van der Waals surface area contributed by atoms with Gasteiger partial charge in [-0.25, -0.2) is 19.2 Å². The van der Waals surface area contributed by atoms with E-state index >= 15 is 0 Å². The fraction of sp³-hybridized carbons (Fsp3) is 0.500. The first kappa shape index (κ1) is 14.7. The van der Waals surface area contributed by atoms with Gasteiger partial charge in [0, 0.05) is 23.3 Å². The Morgan fingerprint density at radius 1 is 1.63 bits per heavy atom. The molecule has 1 aliphatic rings. The molecule has 1 saturated heterocycles. The van der Waals surface area contributed by atoms with E-state index in [-0.39, 0.29) is 16.8 Å². The zero-order chi connectivity index (χ0) is 14.0. The van der Waals surface area contributed by atoms with Gasteiger partial charge >= 0.3 is 0 Å². The number of pyridine rings is 1. The topological polar surface area (TPSA) is 97.5 Å². The third-order valence-electron chi connectivity index (χ3n) is 2.85. The minimum absolute atomic E-state index is 0.0538. The van der Waals surface area contributed by atoms with Gasteiger partial charge in [0.25, 0.3) is 0 Å². The summed E-state index contributed by atoms with van der Waals surface area (Å²) in [5.74, 6) is 5.45. The first-order valence-electron chi connectivity index (χ1n) is 5.68. The van der Waals surface area contributed by atoms with Crippen LogP contribution in [-0.4, -0.2) is 43.5 Å². The molecule has 1 unspecified atom stereocenters. The molecule has 1 atom stereocenters. The normalized spacial score (nSPS) is 21.3. The number of aromatic nitrogens is 1. The van der Waals surface area contributed by atoms with Crippen LogP contribution in [0.3, 0.4) is 0 Å². The van der Waals surface area contributed by atoms with Crippen LogP contribution in [0.1, 0.15) is 6.92 Å². The van der Waals surface area contributed by atoms with Crippen molar-refractivity contribution in [3.63, 3.8) is 0 Å². The standard InChI is InChI=1S/C10H15BrN4O3S/c1-7-6-18-3-2-15(7)19(16,17)9-4-8(11)5-13-10(9)14-12/h4-5,7H,2-3,6,12H2,1H3,(H,13,14). The molecule has 0 amide bonds. The summed E-state index contributed by atoms with van der Waals surface area (Å²) < 4.78 is 32.5. The number of nitrogens with two attached hydrogens (primary N) is 1. The van der Waals surface area contributed by atoms with Gasteiger partial charge in [0.1, 0.15) is 4.90 Å². The molecule has 3 N–H and O–H groups in total. The second-order valence-electron chi connectivity index (χ2n) is 4.18. The molecule has 0 bridgehead atoms. The Hall–Kier alpha value is -0.740. The molecule has 106 valence electrons. The average Bonchev–Trinajstić information content (AvgIpc) is 2.39. The zero-order valence-electron chi connectivity index (χ0n) is 10.3. The Morgan fingerprint density at radius 3 is 3.00 bits per heavy atom. The van der Waals surface area contributed by atoms with E-state index < -0.39 is 10.0 Å². The highest BCUT2D eigenvalue weighted by molar-refractivity contribution is 9.10. The maximum atomic E-state index is 12.6. The first-order valence-corrected chi connectivity index (χ1v) is 7.92. The van der Waals surface area contributed by atoms with Crippen molar-refractivity contribution in [3.05, 3.63) is 16.7 Å². The highest BCUT2D eigenvalue weighted by Crippen LogP contribution is 2.27. The number of hydrogen-bond donors (Lipinski definition) is 2. The van der Waals surface area contributed by atoms with Crippen LogP contribution < -0.4 is 11.3 Å². The van der Waals surface area contributed by atoms with Crippen molar-refractivity contribution in [3.8, 4) is 0 Å². The molecule has 0 spiro atoms. The maximum Gasteiger partial charge on any atom is 0.247 e. The lowest BCUT2D eigenvalue weighted by molar-refractivity contribution is 0.0393. The van der Waals surface area contributed by atoms with Crippen LogP contribution in [0, 0.1) is 0 Å². The monoisotopic (exact) mass is 350 g/mol. The molecule has 0 aromatic carbocycles. The number of anilines is 1. The van der Waals surface area contributed by atoms with E-state index in [4.69, 9.17) is 10.6 Å². The molecule has 0 aliphatic carbocycles. The van der Waals surface area contributed by atoms with E-state index in [0.29, 0.717) is 24.2 Å². The summed E-state index contributed by atoms with van der Waals surface area (Å²) >= 11 is 3.22. The van der Waals surface area contributed by atoms with Crippen LogP contribution >= 0.6 is 15.9 Å². The number of rotatable bonds is 3. The van der Waals surface area contributed by atoms with Gasteiger partial charge in [-0.15, -0.1) is 0 Å². The van der Waals surface area contributed by atoms with Gasteiger partial charge in [0.05, 0.1) is 13.2 Å². The highest BCUT2D eigenvalue weighted by atomic mass is 79.9. The molecule has 0 saturated carbocycles. The molecule has 7 nitrogen and oxygen atoms in total. The molecule has 1 aromatic heterocycles. The minimum Gasteiger partial charge on any atom is -0.378 e. The fourth-order valence-electron chi connectivity index (χ4n) is 1.92. The van der Waals surface area contributed by atoms with Crippen LogP contribution in [0.2, 0.25) is 0 Å². The van der Waals surface area contributed by atoms with Crippen LogP contribution in [0.15, 0.2) is 21.6 Å². The number of nitrogen functional groups attached to an aromatic ring is 1. The predicted molar refractivity (Wildman–Crippen MR) is 73.9 cm³/mol. The number of nitrogens with zero attached hydrogens (tertiary/aromatic N) is 2. The number of nitrogens with one attached hydrogen (secondary N) is 1. The summed E-state index contributed by atoms with van der Waals surface area (Å²) in [6.07, 6.45) is 1.48. The Bertz CT molecular complexity index is 566. The minimum atomic E-state index is -3.66. The summed E-state index contributed by atoms with van der Waals surface area (Å²) in [6, 6.07) is 1.27. The molecule has 1 fully saturated rings. The van der Waals surface area contributed by atoms with Gasteiger partial charge in [-0.3, -0.25) is 0 Å². The van der Waals surface area contributed by atoms with E-state index in [0.717, 1.165) is 0 Å². The Balaban J connectivity index is 2.46. The molecular formula is C10H15BrN4O3S.